The lowest BCUT2D eigenvalue weighted by atomic mass is 10.0. The van der Waals surface area contributed by atoms with Gasteiger partial charge in [-0.15, -0.1) is 0 Å². The fourth-order valence-corrected chi connectivity index (χ4v) is 3.10. The van der Waals surface area contributed by atoms with Crippen molar-refractivity contribution in [3.8, 4) is 0 Å². The minimum Gasteiger partial charge on any atom is -0.481 e. The van der Waals surface area contributed by atoms with Crippen LogP contribution in [-0.4, -0.2) is 52.1 Å². The number of amides is 2. The molecule has 2 amide bonds. The molecule has 2 rings (SSSR count). The van der Waals surface area contributed by atoms with E-state index >= 15 is 0 Å². The molecule has 9 nitrogen and oxygen atoms in total. The molecule has 0 aliphatic rings. The van der Waals surface area contributed by atoms with Gasteiger partial charge >= 0.3 is 11.9 Å². The molecule has 2 aromatic rings. The predicted molar refractivity (Wildman–Crippen MR) is 117 cm³/mol. The average Bonchev–Trinajstić information content (AvgIpc) is 2.77. The first-order valence-corrected chi connectivity index (χ1v) is 10.1. The largest absolute Gasteiger partial charge is 0.481 e. The van der Waals surface area contributed by atoms with Gasteiger partial charge in [0.25, 0.3) is 0 Å². The van der Waals surface area contributed by atoms with Gasteiger partial charge in [-0.3, -0.25) is 14.4 Å². The number of carbonyl (C=O) groups excluding carboxylic acids is 2. The van der Waals surface area contributed by atoms with E-state index < -0.39 is 41.9 Å². The standard InChI is InChI=1S/C23H27N3O6/c24-17(13-15-7-3-1-4-8-15)21(29)25-18(11-12-20(27)28)22(30)26-19(23(31)32)14-16-9-5-2-6-10-16/h1-10,17-19H,11-14,24H2,(H,25,29)(H,26,30)(H,27,28)(H,31,32)/t17-,18-,19-/m1/s1. The molecule has 0 aromatic heterocycles. The Labute approximate surface area is 185 Å². The van der Waals surface area contributed by atoms with Gasteiger partial charge in [-0.05, 0) is 24.0 Å². The molecular formula is C23H27N3O6. The molecule has 32 heavy (non-hydrogen) atoms. The number of benzene rings is 2. The van der Waals surface area contributed by atoms with E-state index in [0.29, 0.717) is 5.56 Å². The predicted octanol–water partition coefficient (Wildman–Crippen LogP) is 0.718. The van der Waals surface area contributed by atoms with Gasteiger partial charge in [0, 0.05) is 12.8 Å². The summed E-state index contributed by atoms with van der Waals surface area (Å²) >= 11 is 0. The summed E-state index contributed by atoms with van der Waals surface area (Å²) in [6, 6.07) is 14.4. The maximum Gasteiger partial charge on any atom is 0.326 e. The number of hydrogen-bond acceptors (Lipinski definition) is 5. The Balaban J connectivity index is 2.06. The van der Waals surface area contributed by atoms with Crippen molar-refractivity contribution in [1.29, 1.82) is 0 Å². The van der Waals surface area contributed by atoms with E-state index in [4.69, 9.17) is 10.8 Å². The van der Waals surface area contributed by atoms with Crippen LogP contribution in [0.5, 0.6) is 0 Å². The summed E-state index contributed by atoms with van der Waals surface area (Å²) in [4.78, 5) is 47.9. The molecule has 0 bridgehead atoms. The Kier molecular flexibility index (Phi) is 9.37. The first-order valence-electron chi connectivity index (χ1n) is 10.1. The molecule has 0 saturated heterocycles. The van der Waals surface area contributed by atoms with E-state index in [1.165, 1.54) is 0 Å². The average molecular weight is 441 g/mol. The van der Waals surface area contributed by atoms with Crippen molar-refractivity contribution < 1.29 is 29.4 Å². The molecule has 0 aliphatic carbocycles. The molecule has 2 aromatic carbocycles. The third-order valence-corrected chi connectivity index (χ3v) is 4.81. The van der Waals surface area contributed by atoms with Crippen LogP contribution in [-0.2, 0) is 32.0 Å². The van der Waals surface area contributed by atoms with Crippen LogP contribution in [0.1, 0.15) is 24.0 Å². The second-order valence-electron chi connectivity index (χ2n) is 7.38. The van der Waals surface area contributed by atoms with Gasteiger partial charge < -0.3 is 26.6 Å². The summed E-state index contributed by atoms with van der Waals surface area (Å²) in [5, 5.41) is 23.3. The van der Waals surface area contributed by atoms with Gasteiger partial charge in [-0.1, -0.05) is 60.7 Å². The maximum absolute atomic E-state index is 12.8. The summed E-state index contributed by atoms with van der Waals surface area (Å²) in [7, 11) is 0. The summed E-state index contributed by atoms with van der Waals surface area (Å²) in [5.41, 5.74) is 7.49. The summed E-state index contributed by atoms with van der Waals surface area (Å²) in [6.07, 6.45) is -0.327. The summed E-state index contributed by atoms with van der Waals surface area (Å²) in [6.45, 7) is 0. The van der Waals surface area contributed by atoms with Crippen LogP contribution in [0.25, 0.3) is 0 Å². The Morgan fingerprint density at radius 1 is 0.750 bits per heavy atom. The number of rotatable bonds is 12. The quantitative estimate of drug-likeness (QED) is 0.324. The number of hydrogen-bond donors (Lipinski definition) is 5. The summed E-state index contributed by atoms with van der Waals surface area (Å²) in [5.74, 6) is -3.81. The number of aliphatic carboxylic acids is 2. The van der Waals surface area contributed by atoms with E-state index in [9.17, 15) is 24.3 Å². The molecule has 0 fully saturated rings. The van der Waals surface area contributed by atoms with E-state index in [1.54, 1.807) is 30.3 Å². The Bertz CT molecular complexity index is 920. The van der Waals surface area contributed by atoms with Crippen LogP contribution in [0.4, 0.5) is 0 Å². The minimum absolute atomic E-state index is 0.0367. The van der Waals surface area contributed by atoms with Crippen LogP contribution >= 0.6 is 0 Å². The molecule has 0 unspecified atom stereocenters. The van der Waals surface area contributed by atoms with Crippen LogP contribution in [0.2, 0.25) is 0 Å². The second-order valence-corrected chi connectivity index (χ2v) is 7.38. The first-order chi connectivity index (χ1) is 15.3. The van der Waals surface area contributed by atoms with Crippen molar-refractivity contribution in [3.63, 3.8) is 0 Å². The van der Waals surface area contributed by atoms with Crippen molar-refractivity contribution >= 4 is 23.8 Å². The minimum atomic E-state index is -1.24. The highest BCUT2D eigenvalue weighted by atomic mass is 16.4. The Hall–Kier alpha value is -3.72. The third-order valence-electron chi connectivity index (χ3n) is 4.81. The normalized spacial score (nSPS) is 13.4. The Morgan fingerprint density at radius 3 is 1.75 bits per heavy atom. The monoisotopic (exact) mass is 441 g/mol. The highest BCUT2D eigenvalue weighted by Crippen LogP contribution is 2.07. The maximum atomic E-state index is 12.8. The lowest BCUT2D eigenvalue weighted by Crippen LogP contribution is -2.55. The lowest BCUT2D eigenvalue weighted by molar-refractivity contribution is -0.143. The second kappa shape index (κ2) is 12.2. The molecule has 6 N–H and O–H groups in total. The van der Waals surface area contributed by atoms with Crippen molar-refractivity contribution in [2.24, 2.45) is 5.73 Å². The number of nitrogens with two attached hydrogens (primary N) is 1. The zero-order valence-electron chi connectivity index (χ0n) is 17.4. The zero-order valence-corrected chi connectivity index (χ0v) is 17.4. The molecule has 3 atom stereocenters. The van der Waals surface area contributed by atoms with Gasteiger partial charge in [-0.25, -0.2) is 4.79 Å². The number of carboxylic acid groups (broad SMARTS) is 2. The van der Waals surface area contributed by atoms with Crippen LogP contribution in [0.15, 0.2) is 60.7 Å². The highest BCUT2D eigenvalue weighted by molar-refractivity contribution is 5.92. The smallest absolute Gasteiger partial charge is 0.326 e. The molecule has 0 heterocycles. The molecule has 9 heteroatoms. The molecular weight excluding hydrogens is 414 g/mol. The topological polar surface area (TPSA) is 159 Å². The van der Waals surface area contributed by atoms with Crippen molar-refractivity contribution in [3.05, 3.63) is 71.8 Å². The van der Waals surface area contributed by atoms with Gasteiger partial charge in [0.2, 0.25) is 11.8 Å². The summed E-state index contributed by atoms with van der Waals surface area (Å²) < 4.78 is 0. The van der Waals surface area contributed by atoms with Gasteiger partial charge in [0.05, 0.1) is 6.04 Å². The lowest BCUT2D eigenvalue weighted by Gasteiger charge is -2.22. The number of carboxylic acids is 2. The SMILES string of the molecule is N[C@H](Cc1ccccc1)C(=O)N[C@H](CCC(=O)O)C(=O)N[C@H](Cc1ccccc1)C(=O)O. The highest BCUT2D eigenvalue weighted by Gasteiger charge is 2.28. The fourth-order valence-electron chi connectivity index (χ4n) is 3.10. The van der Waals surface area contributed by atoms with Crippen LogP contribution in [0, 0.1) is 0 Å². The first kappa shape index (κ1) is 24.5. The Morgan fingerprint density at radius 2 is 1.25 bits per heavy atom. The third kappa shape index (κ3) is 8.19. The molecule has 170 valence electrons. The van der Waals surface area contributed by atoms with Crippen LogP contribution in [0.3, 0.4) is 0 Å². The van der Waals surface area contributed by atoms with Crippen LogP contribution < -0.4 is 16.4 Å². The zero-order chi connectivity index (χ0) is 23.5. The van der Waals surface area contributed by atoms with Crippen molar-refractivity contribution in [1.82, 2.24) is 10.6 Å². The molecule has 0 spiro atoms. The van der Waals surface area contributed by atoms with Gasteiger partial charge in [-0.2, -0.15) is 0 Å². The van der Waals surface area contributed by atoms with E-state index in [2.05, 4.69) is 10.6 Å². The van der Waals surface area contributed by atoms with Crippen molar-refractivity contribution in [2.45, 2.75) is 43.8 Å². The van der Waals surface area contributed by atoms with Gasteiger partial charge in [0.1, 0.15) is 12.1 Å². The number of carbonyl (C=O) groups is 4. The molecule has 0 aliphatic heterocycles. The molecule has 0 radical (unpaired) electrons. The number of nitrogens with one attached hydrogen (secondary N) is 2. The van der Waals surface area contributed by atoms with E-state index in [1.807, 2.05) is 30.3 Å². The van der Waals surface area contributed by atoms with Crippen molar-refractivity contribution in [2.75, 3.05) is 0 Å². The van der Waals surface area contributed by atoms with Gasteiger partial charge in [0.15, 0.2) is 0 Å². The molecule has 0 saturated carbocycles. The van der Waals surface area contributed by atoms with E-state index in [-0.39, 0.29) is 25.7 Å². The van der Waals surface area contributed by atoms with E-state index in [0.717, 1.165) is 5.56 Å². The fraction of sp³-hybridized carbons (Fsp3) is 0.304.